The standard InChI is InChI=1S/C12H12F3N5O/c13-12(14,15)8-16-7-11(21)18-9-3-1-2-4-10(9)20-6-5-17-19-20/h1-6,16H,7-8H2,(H,18,21). The molecule has 1 heterocycles. The van der Waals surface area contributed by atoms with Crippen LogP contribution in [0.4, 0.5) is 18.9 Å². The molecule has 9 heteroatoms. The van der Waals surface area contributed by atoms with Crippen LogP contribution in [0.1, 0.15) is 0 Å². The Morgan fingerprint density at radius 2 is 2.05 bits per heavy atom. The van der Waals surface area contributed by atoms with Gasteiger partial charge in [-0.2, -0.15) is 13.2 Å². The van der Waals surface area contributed by atoms with E-state index in [9.17, 15) is 18.0 Å². The minimum Gasteiger partial charge on any atom is -0.323 e. The summed E-state index contributed by atoms with van der Waals surface area (Å²) in [4.78, 5) is 11.6. The zero-order valence-corrected chi connectivity index (χ0v) is 10.8. The Kier molecular flexibility index (Phi) is 4.53. The average Bonchev–Trinajstić information content (AvgIpc) is 2.91. The Labute approximate surface area is 118 Å². The number of rotatable bonds is 5. The summed E-state index contributed by atoms with van der Waals surface area (Å²) in [5.74, 6) is -0.577. The lowest BCUT2D eigenvalue weighted by molar-refractivity contribution is -0.126. The fourth-order valence-electron chi connectivity index (χ4n) is 1.63. The van der Waals surface area contributed by atoms with Gasteiger partial charge < -0.3 is 10.6 Å². The van der Waals surface area contributed by atoms with E-state index in [0.29, 0.717) is 11.4 Å². The topological polar surface area (TPSA) is 71.8 Å². The Morgan fingerprint density at radius 1 is 1.29 bits per heavy atom. The van der Waals surface area contributed by atoms with E-state index in [0.717, 1.165) is 0 Å². The summed E-state index contributed by atoms with van der Waals surface area (Å²) in [5, 5.41) is 12.0. The fraction of sp³-hybridized carbons (Fsp3) is 0.250. The number of para-hydroxylation sites is 2. The monoisotopic (exact) mass is 299 g/mol. The van der Waals surface area contributed by atoms with Crippen molar-refractivity contribution in [2.45, 2.75) is 6.18 Å². The van der Waals surface area contributed by atoms with Crippen molar-refractivity contribution in [3.63, 3.8) is 0 Å². The first-order valence-electron chi connectivity index (χ1n) is 5.99. The van der Waals surface area contributed by atoms with Gasteiger partial charge in [0.1, 0.15) is 0 Å². The number of carbonyl (C=O) groups excluding carboxylic acids is 1. The number of halogens is 3. The van der Waals surface area contributed by atoms with E-state index in [1.54, 1.807) is 30.5 Å². The third-order valence-electron chi connectivity index (χ3n) is 2.46. The molecule has 0 unspecified atom stereocenters. The van der Waals surface area contributed by atoms with Gasteiger partial charge in [0, 0.05) is 0 Å². The molecule has 0 fully saturated rings. The molecule has 21 heavy (non-hydrogen) atoms. The molecule has 1 aromatic carbocycles. The van der Waals surface area contributed by atoms with E-state index < -0.39 is 25.2 Å². The van der Waals surface area contributed by atoms with Crippen LogP contribution in [-0.4, -0.2) is 40.2 Å². The Bertz CT molecular complexity index is 597. The van der Waals surface area contributed by atoms with Crippen molar-refractivity contribution in [3.8, 4) is 5.69 Å². The van der Waals surface area contributed by atoms with Crippen LogP contribution in [0.15, 0.2) is 36.7 Å². The largest absolute Gasteiger partial charge is 0.401 e. The van der Waals surface area contributed by atoms with Crippen molar-refractivity contribution in [2.24, 2.45) is 0 Å². The molecule has 1 amide bonds. The third-order valence-corrected chi connectivity index (χ3v) is 2.46. The average molecular weight is 299 g/mol. The van der Waals surface area contributed by atoms with E-state index in [4.69, 9.17) is 0 Å². The fourth-order valence-corrected chi connectivity index (χ4v) is 1.63. The van der Waals surface area contributed by atoms with E-state index in [1.165, 1.54) is 10.9 Å². The molecule has 112 valence electrons. The number of hydrogen-bond acceptors (Lipinski definition) is 4. The molecule has 0 spiro atoms. The second-order valence-corrected chi connectivity index (χ2v) is 4.13. The quantitative estimate of drug-likeness (QED) is 0.874. The normalized spacial score (nSPS) is 11.4. The molecule has 0 radical (unpaired) electrons. The van der Waals surface area contributed by atoms with E-state index in [1.807, 2.05) is 5.32 Å². The minimum absolute atomic E-state index is 0.432. The predicted octanol–water partition coefficient (Wildman–Crippen LogP) is 1.36. The first kappa shape index (κ1) is 15.0. The number of anilines is 1. The summed E-state index contributed by atoms with van der Waals surface area (Å²) in [5.41, 5.74) is 1.00. The maximum atomic E-state index is 12.0. The highest BCUT2D eigenvalue weighted by molar-refractivity contribution is 5.94. The third kappa shape index (κ3) is 4.56. The number of hydrogen-bond donors (Lipinski definition) is 2. The van der Waals surface area contributed by atoms with E-state index in [2.05, 4.69) is 15.6 Å². The molecular formula is C12H12F3N5O. The number of aromatic nitrogens is 3. The highest BCUT2D eigenvalue weighted by atomic mass is 19.4. The zero-order valence-electron chi connectivity index (χ0n) is 10.8. The summed E-state index contributed by atoms with van der Waals surface area (Å²) in [6.07, 6.45) is -1.28. The molecular weight excluding hydrogens is 287 g/mol. The predicted molar refractivity (Wildman–Crippen MR) is 68.9 cm³/mol. The molecule has 0 atom stereocenters. The SMILES string of the molecule is O=C(CNCC(F)(F)F)Nc1ccccc1-n1ccnn1. The van der Waals surface area contributed by atoms with Crippen LogP contribution >= 0.6 is 0 Å². The van der Waals surface area contributed by atoms with Gasteiger partial charge in [-0.15, -0.1) is 5.10 Å². The van der Waals surface area contributed by atoms with Gasteiger partial charge in [-0.25, -0.2) is 4.68 Å². The van der Waals surface area contributed by atoms with Crippen LogP contribution in [0.2, 0.25) is 0 Å². The van der Waals surface area contributed by atoms with Gasteiger partial charge in [-0.3, -0.25) is 4.79 Å². The lowest BCUT2D eigenvalue weighted by atomic mass is 10.2. The Morgan fingerprint density at radius 3 is 2.71 bits per heavy atom. The number of alkyl halides is 3. The summed E-state index contributed by atoms with van der Waals surface area (Å²) >= 11 is 0. The number of nitrogens with one attached hydrogen (secondary N) is 2. The first-order valence-corrected chi connectivity index (χ1v) is 5.99. The molecule has 6 nitrogen and oxygen atoms in total. The first-order chi connectivity index (χ1) is 9.96. The van der Waals surface area contributed by atoms with Crippen LogP contribution in [0.5, 0.6) is 0 Å². The zero-order chi connectivity index (χ0) is 15.3. The van der Waals surface area contributed by atoms with Gasteiger partial charge in [-0.05, 0) is 12.1 Å². The molecule has 0 aliphatic heterocycles. The summed E-state index contributed by atoms with van der Waals surface area (Å²) in [6.45, 7) is -1.66. The second kappa shape index (κ2) is 6.35. The van der Waals surface area contributed by atoms with Crippen molar-refractivity contribution in [1.29, 1.82) is 0 Å². The van der Waals surface area contributed by atoms with Crippen LogP contribution in [0.3, 0.4) is 0 Å². The molecule has 2 aromatic rings. The van der Waals surface area contributed by atoms with Crippen LogP contribution < -0.4 is 10.6 Å². The lowest BCUT2D eigenvalue weighted by Crippen LogP contribution is -2.35. The van der Waals surface area contributed by atoms with Gasteiger partial charge in [0.2, 0.25) is 5.91 Å². The maximum absolute atomic E-state index is 12.0. The van der Waals surface area contributed by atoms with E-state index >= 15 is 0 Å². The van der Waals surface area contributed by atoms with Crippen molar-refractivity contribution in [1.82, 2.24) is 20.3 Å². The van der Waals surface area contributed by atoms with Crippen LogP contribution in [-0.2, 0) is 4.79 Å². The molecule has 0 saturated carbocycles. The highest BCUT2D eigenvalue weighted by Crippen LogP contribution is 2.18. The van der Waals surface area contributed by atoms with Crippen molar-refractivity contribution < 1.29 is 18.0 Å². The molecule has 0 saturated heterocycles. The summed E-state index contributed by atoms with van der Waals surface area (Å²) in [6, 6.07) is 6.76. The van der Waals surface area contributed by atoms with Crippen molar-refractivity contribution in [3.05, 3.63) is 36.7 Å². The Balaban J connectivity index is 1.99. The lowest BCUT2D eigenvalue weighted by Gasteiger charge is -2.11. The van der Waals surface area contributed by atoms with Crippen LogP contribution in [0, 0.1) is 0 Å². The van der Waals surface area contributed by atoms with Gasteiger partial charge in [0.25, 0.3) is 0 Å². The molecule has 2 rings (SSSR count). The number of benzene rings is 1. The summed E-state index contributed by atoms with van der Waals surface area (Å²) in [7, 11) is 0. The molecule has 2 N–H and O–H groups in total. The second-order valence-electron chi connectivity index (χ2n) is 4.13. The minimum atomic E-state index is -4.35. The number of carbonyl (C=O) groups is 1. The number of amides is 1. The van der Waals surface area contributed by atoms with Gasteiger partial charge in [-0.1, -0.05) is 17.3 Å². The maximum Gasteiger partial charge on any atom is 0.401 e. The van der Waals surface area contributed by atoms with Crippen molar-refractivity contribution >= 4 is 11.6 Å². The number of nitrogens with zero attached hydrogens (tertiary/aromatic N) is 3. The smallest absolute Gasteiger partial charge is 0.323 e. The molecule has 0 aliphatic rings. The van der Waals surface area contributed by atoms with Gasteiger partial charge in [0.05, 0.1) is 36.9 Å². The summed E-state index contributed by atoms with van der Waals surface area (Å²) < 4.78 is 37.4. The van der Waals surface area contributed by atoms with Crippen LogP contribution in [0.25, 0.3) is 5.69 Å². The molecule has 1 aromatic heterocycles. The van der Waals surface area contributed by atoms with Gasteiger partial charge in [0.15, 0.2) is 0 Å². The highest BCUT2D eigenvalue weighted by Gasteiger charge is 2.26. The Hall–Kier alpha value is -2.42. The molecule has 0 aliphatic carbocycles. The molecule has 0 bridgehead atoms. The van der Waals surface area contributed by atoms with Crippen molar-refractivity contribution in [2.75, 3.05) is 18.4 Å². The van der Waals surface area contributed by atoms with Gasteiger partial charge >= 0.3 is 6.18 Å². The van der Waals surface area contributed by atoms with E-state index in [-0.39, 0.29) is 0 Å².